The Morgan fingerprint density at radius 1 is 1.18 bits per heavy atom. The Morgan fingerprint density at radius 3 is 2.49 bits per heavy atom. The molecule has 1 saturated heterocycles. The fraction of sp³-hybridized carbons (Fsp3) is 0.429. The molecule has 1 aliphatic heterocycles. The fourth-order valence-corrected chi connectivity index (χ4v) is 6.05. The minimum absolute atomic E-state index is 0.0346. The maximum absolute atomic E-state index is 15.8. The molecule has 0 aliphatic carbocycles. The molecule has 1 atom stereocenters. The Balaban J connectivity index is 1.38. The molecule has 1 aromatic heterocycles. The van der Waals surface area contributed by atoms with Crippen LogP contribution in [0.1, 0.15) is 43.0 Å². The van der Waals surface area contributed by atoms with Crippen molar-refractivity contribution in [2.24, 2.45) is 5.41 Å². The van der Waals surface area contributed by atoms with Crippen molar-refractivity contribution in [2.45, 2.75) is 43.4 Å². The number of hydrogen-bond acceptors (Lipinski definition) is 6. The Labute approximate surface area is 228 Å². The van der Waals surface area contributed by atoms with E-state index in [0.29, 0.717) is 66.0 Å². The number of nitrogens with zero attached hydrogens (tertiary/aromatic N) is 2. The first kappa shape index (κ1) is 29.1. The summed E-state index contributed by atoms with van der Waals surface area (Å²) in [6, 6.07) is 6.99. The fourth-order valence-electron chi connectivity index (χ4n) is 5.09. The van der Waals surface area contributed by atoms with Crippen LogP contribution in [0.15, 0.2) is 41.4 Å². The van der Waals surface area contributed by atoms with Gasteiger partial charge in [0.1, 0.15) is 11.9 Å². The van der Waals surface area contributed by atoms with Crippen LogP contribution >= 0.6 is 11.8 Å². The minimum atomic E-state index is -1.51. The molecule has 1 fully saturated rings. The van der Waals surface area contributed by atoms with Crippen LogP contribution in [-0.4, -0.2) is 58.6 Å². The molecule has 2 aromatic carbocycles. The quantitative estimate of drug-likeness (QED) is 0.170. The molecule has 0 radical (unpaired) electrons. The van der Waals surface area contributed by atoms with Gasteiger partial charge in [0.05, 0.1) is 24.6 Å². The number of pyridine rings is 1. The van der Waals surface area contributed by atoms with Gasteiger partial charge in [-0.25, -0.2) is 17.6 Å². The van der Waals surface area contributed by atoms with E-state index in [0.717, 1.165) is 12.1 Å². The molecule has 1 unspecified atom stereocenters. The summed E-state index contributed by atoms with van der Waals surface area (Å²) in [6.45, 7) is 1.11. The number of halogens is 4. The van der Waals surface area contributed by atoms with Crippen LogP contribution in [0.5, 0.6) is 5.75 Å². The lowest BCUT2D eigenvalue weighted by atomic mass is 9.74. The molecule has 0 bridgehead atoms. The van der Waals surface area contributed by atoms with Crippen LogP contribution in [0.2, 0.25) is 0 Å². The average Bonchev–Trinajstić information content (AvgIpc) is 2.94. The first-order chi connectivity index (χ1) is 18.7. The normalized spacial score (nSPS) is 16.4. The molecular weight excluding hydrogens is 536 g/mol. The summed E-state index contributed by atoms with van der Waals surface area (Å²) in [5.41, 5.74) is 0.110. The van der Waals surface area contributed by atoms with Crippen LogP contribution in [0.4, 0.5) is 17.6 Å². The van der Waals surface area contributed by atoms with Crippen molar-refractivity contribution in [1.29, 1.82) is 0 Å². The summed E-state index contributed by atoms with van der Waals surface area (Å²) in [4.78, 5) is 19.0. The van der Waals surface area contributed by atoms with E-state index in [1.807, 2.05) is 0 Å². The zero-order valence-corrected chi connectivity index (χ0v) is 22.2. The van der Waals surface area contributed by atoms with Crippen molar-refractivity contribution in [2.75, 3.05) is 32.5 Å². The summed E-state index contributed by atoms with van der Waals surface area (Å²) in [6.07, 6.45) is 0.683. The number of aliphatic carboxylic acids is 1. The number of carbonyl (C=O) groups is 1. The molecule has 11 heteroatoms. The number of piperidine rings is 1. The minimum Gasteiger partial charge on any atom is -0.497 e. The largest absolute Gasteiger partial charge is 0.497 e. The third-order valence-corrected chi connectivity index (χ3v) is 8.42. The van der Waals surface area contributed by atoms with Gasteiger partial charge in [0, 0.05) is 39.9 Å². The van der Waals surface area contributed by atoms with Gasteiger partial charge < -0.3 is 19.8 Å². The number of aliphatic hydroxyl groups excluding tert-OH is 1. The van der Waals surface area contributed by atoms with Gasteiger partial charge in [-0.3, -0.25) is 9.78 Å². The monoisotopic (exact) mass is 566 g/mol. The van der Waals surface area contributed by atoms with E-state index in [1.165, 1.54) is 25.1 Å². The van der Waals surface area contributed by atoms with Crippen LogP contribution in [0.3, 0.4) is 0 Å². The zero-order chi connectivity index (χ0) is 28.2. The van der Waals surface area contributed by atoms with Crippen LogP contribution < -0.4 is 4.74 Å². The standard InChI is InChI=1S/C28H30F4N2O4S/c1-38-18-2-3-24-20(12-18)25(17(16-35)15-33-24)21(29)4-5-28(27(36)37)6-8-34(9-7-28)10-11-39-19-13-22(30)26(32)23(31)14-19/h2-3,12-15,21,35H,4-11,16H2,1H3,(H,36,37). The molecule has 39 heavy (non-hydrogen) atoms. The second-order valence-corrected chi connectivity index (χ2v) is 10.9. The van der Waals surface area contributed by atoms with Gasteiger partial charge >= 0.3 is 5.97 Å². The van der Waals surface area contributed by atoms with Crippen LogP contribution in [0.25, 0.3) is 10.9 Å². The van der Waals surface area contributed by atoms with E-state index in [2.05, 4.69) is 9.88 Å². The molecule has 2 N–H and O–H groups in total. The third kappa shape index (κ3) is 6.47. The molecule has 0 amide bonds. The lowest BCUT2D eigenvalue weighted by Gasteiger charge is -2.39. The van der Waals surface area contributed by atoms with Crippen LogP contribution in [-0.2, 0) is 11.4 Å². The molecule has 2 heterocycles. The Hall–Kier alpha value is -2.89. The molecule has 6 nitrogen and oxygen atoms in total. The van der Waals surface area contributed by atoms with Crippen molar-refractivity contribution in [1.82, 2.24) is 9.88 Å². The van der Waals surface area contributed by atoms with E-state index in [9.17, 15) is 28.2 Å². The predicted octanol–water partition coefficient (Wildman–Crippen LogP) is 5.90. The number of carboxylic acid groups (broad SMARTS) is 1. The van der Waals surface area contributed by atoms with Crippen molar-refractivity contribution in [3.63, 3.8) is 0 Å². The van der Waals surface area contributed by atoms with Gasteiger partial charge in [-0.2, -0.15) is 0 Å². The van der Waals surface area contributed by atoms with Crippen molar-refractivity contribution < 1.29 is 37.3 Å². The van der Waals surface area contributed by atoms with Crippen molar-refractivity contribution in [3.05, 3.63) is 65.1 Å². The second-order valence-electron chi connectivity index (χ2n) is 9.72. The summed E-state index contributed by atoms with van der Waals surface area (Å²) in [5.74, 6) is -3.93. The highest BCUT2D eigenvalue weighted by atomic mass is 32.2. The van der Waals surface area contributed by atoms with E-state index >= 15 is 4.39 Å². The summed E-state index contributed by atoms with van der Waals surface area (Å²) in [7, 11) is 1.50. The first-order valence-electron chi connectivity index (χ1n) is 12.6. The number of hydrogen-bond donors (Lipinski definition) is 2. The highest BCUT2D eigenvalue weighted by Gasteiger charge is 2.41. The molecule has 210 valence electrons. The summed E-state index contributed by atoms with van der Waals surface area (Å²) < 4.78 is 61.0. The number of benzene rings is 2. The SMILES string of the molecule is COc1ccc2ncc(CO)c(C(F)CCC3(C(=O)O)CCN(CCSc4cc(F)c(F)c(F)c4)CC3)c2c1. The number of thioether (sulfide) groups is 1. The Morgan fingerprint density at radius 2 is 1.87 bits per heavy atom. The molecule has 4 rings (SSSR count). The Kier molecular flexibility index (Phi) is 9.35. The summed E-state index contributed by atoms with van der Waals surface area (Å²) >= 11 is 1.19. The summed E-state index contributed by atoms with van der Waals surface area (Å²) in [5, 5.41) is 20.4. The van der Waals surface area contributed by atoms with E-state index in [4.69, 9.17) is 4.74 Å². The lowest BCUT2D eigenvalue weighted by Crippen LogP contribution is -2.45. The number of methoxy groups -OCH3 is 1. The smallest absolute Gasteiger partial charge is 0.309 e. The van der Waals surface area contributed by atoms with Gasteiger partial charge in [0.2, 0.25) is 0 Å². The van der Waals surface area contributed by atoms with Crippen LogP contribution in [0, 0.1) is 22.9 Å². The predicted molar refractivity (Wildman–Crippen MR) is 140 cm³/mol. The van der Waals surface area contributed by atoms with Crippen molar-refractivity contribution >= 4 is 28.6 Å². The molecule has 1 aliphatic rings. The second kappa shape index (κ2) is 12.5. The first-order valence-corrected chi connectivity index (χ1v) is 13.6. The lowest BCUT2D eigenvalue weighted by molar-refractivity contribution is -0.153. The average molecular weight is 567 g/mol. The van der Waals surface area contributed by atoms with Gasteiger partial charge in [-0.1, -0.05) is 0 Å². The molecular formula is C28H30F4N2O4S. The van der Waals surface area contributed by atoms with Crippen molar-refractivity contribution in [3.8, 4) is 5.75 Å². The molecule has 0 spiro atoms. The molecule has 3 aromatic rings. The number of likely N-dealkylation sites (tertiary alicyclic amines) is 1. The highest BCUT2D eigenvalue weighted by molar-refractivity contribution is 7.99. The van der Waals surface area contributed by atoms with Gasteiger partial charge in [-0.15, -0.1) is 11.8 Å². The third-order valence-electron chi connectivity index (χ3n) is 7.46. The van der Waals surface area contributed by atoms with Gasteiger partial charge in [-0.05, 0) is 69.1 Å². The molecule has 0 saturated carbocycles. The number of aromatic nitrogens is 1. The number of aliphatic hydroxyl groups is 1. The number of rotatable bonds is 11. The zero-order valence-electron chi connectivity index (χ0n) is 21.4. The maximum Gasteiger partial charge on any atom is 0.309 e. The highest BCUT2D eigenvalue weighted by Crippen LogP contribution is 2.41. The number of ether oxygens (including phenoxy) is 1. The number of carboxylic acids is 1. The van der Waals surface area contributed by atoms with Gasteiger partial charge in [0.15, 0.2) is 17.5 Å². The van der Waals surface area contributed by atoms with E-state index in [-0.39, 0.29) is 17.7 Å². The Bertz CT molecular complexity index is 1310. The number of alkyl halides is 1. The topological polar surface area (TPSA) is 82.9 Å². The van der Waals surface area contributed by atoms with E-state index in [1.54, 1.807) is 18.2 Å². The van der Waals surface area contributed by atoms with E-state index < -0.39 is 41.6 Å². The maximum atomic E-state index is 15.8. The number of fused-ring (bicyclic) bond motifs is 1. The van der Waals surface area contributed by atoms with Gasteiger partial charge in [0.25, 0.3) is 0 Å².